The van der Waals surface area contributed by atoms with Crippen molar-refractivity contribution in [3.63, 3.8) is 0 Å². The summed E-state index contributed by atoms with van der Waals surface area (Å²) >= 11 is 5.97. The van der Waals surface area contributed by atoms with Gasteiger partial charge in [-0.25, -0.2) is 0 Å². The highest BCUT2D eigenvalue weighted by molar-refractivity contribution is 6.30. The van der Waals surface area contributed by atoms with E-state index in [0.717, 1.165) is 23.6 Å². The lowest BCUT2D eigenvalue weighted by atomic mass is 10.2. The average Bonchev–Trinajstić information content (AvgIpc) is 2.56. The monoisotopic (exact) mass is 261 g/mol. The van der Waals surface area contributed by atoms with Crippen molar-refractivity contribution in [2.75, 3.05) is 11.9 Å². The molecule has 0 heterocycles. The minimum atomic E-state index is 0.647. The van der Waals surface area contributed by atoms with E-state index in [4.69, 9.17) is 16.3 Å². The predicted octanol–water partition coefficient (Wildman–Crippen LogP) is 4.52. The summed E-state index contributed by atoms with van der Waals surface area (Å²) in [6, 6.07) is 7.64. The molecule has 0 radical (unpaired) electrons. The highest BCUT2D eigenvalue weighted by atomic mass is 35.5. The average molecular weight is 262 g/mol. The summed E-state index contributed by atoms with van der Waals surface area (Å²) in [4.78, 5) is 0. The zero-order valence-corrected chi connectivity index (χ0v) is 11.1. The third-order valence-corrected chi connectivity index (χ3v) is 2.73. The van der Waals surface area contributed by atoms with E-state index in [2.05, 4.69) is 17.5 Å². The van der Waals surface area contributed by atoms with E-state index in [1.54, 1.807) is 0 Å². The maximum atomic E-state index is 5.97. The summed E-state index contributed by atoms with van der Waals surface area (Å²) in [6.45, 7) is 2.63. The number of ether oxygens (including phenoxy) is 1. The van der Waals surface area contributed by atoms with Gasteiger partial charge in [0.1, 0.15) is 5.76 Å². The van der Waals surface area contributed by atoms with Gasteiger partial charge in [-0.1, -0.05) is 29.8 Å². The molecule has 0 bridgehead atoms. The number of nitrogens with one attached hydrogen (secondary N) is 1. The van der Waals surface area contributed by atoms with Gasteiger partial charge in [-0.15, -0.1) is 0 Å². The van der Waals surface area contributed by atoms with E-state index in [-0.39, 0.29) is 0 Å². The van der Waals surface area contributed by atoms with Gasteiger partial charge in [-0.2, -0.15) is 0 Å². The summed E-state index contributed by atoms with van der Waals surface area (Å²) in [7, 11) is 0. The minimum absolute atomic E-state index is 0.647. The summed E-state index contributed by atoms with van der Waals surface area (Å²) in [5.41, 5.74) is 1.91. The number of hydrogen-bond acceptors (Lipinski definition) is 2. The first-order chi connectivity index (χ1) is 8.79. The predicted molar refractivity (Wildman–Crippen MR) is 76.6 cm³/mol. The molecule has 0 spiro atoms. The Kier molecular flexibility index (Phi) is 4.48. The van der Waals surface area contributed by atoms with Crippen molar-refractivity contribution in [1.82, 2.24) is 0 Å². The van der Waals surface area contributed by atoms with E-state index in [1.165, 1.54) is 0 Å². The molecule has 0 aliphatic heterocycles. The molecule has 2 nitrogen and oxygen atoms in total. The molecule has 0 aromatic heterocycles. The first-order valence-electron chi connectivity index (χ1n) is 6.02. The van der Waals surface area contributed by atoms with Crippen LogP contribution in [0.25, 0.3) is 0 Å². The van der Waals surface area contributed by atoms with Crippen molar-refractivity contribution in [2.24, 2.45) is 0 Å². The molecular formula is C15H16ClNO. The molecule has 0 fully saturated rings. The summed E-state index contributed by atoms with van der Waals surface area (Å²) in [5, 5.41) is 4.04. The van der Waals surface area contributed by atoms with Gasteiger partial charge >= 0.3 is 0 Å². The molecule has 94 valence electrons. The van der Waals surface area contributed by atoms with Crippen LogP contribution in [-0.2, 0) is 4.74 Å². The second-order valence-electron chi connectivity index (χ2n) is 3.89. The van der Waals surface area contributed by atoms with Crippen molar-refractivity contribution >= 4 is 17.3 Å². The van der Waals surface area contributed by atoms with Crippen molar-refractivity contribution in [2.45, 2.75) is 13.3 Å². The molecule has 0 amide bonds. The van der Waals surface area contributed by atoms with Gasteiger partial charge in [-0.05, 0) is 43.7 Å². The fourth-order valence-electron chi connectivity index (χ4n) is 1.72. The van der Waals surface area contributed by atoms with Gasteiger partial charge < -0.3 is 10.1 Å². The van der Waals surface area contributed by atoms with Crippen molar-refractivity contribution in [1.29, 1.82) is 0 Å². The molecule has 0 saturated heterocycles. The Morgan fingerprint density at radius 1 is 1.28 bits per heavy atom. The first kappa shape index (κ1) is 12.8. The Labute approximate surface area is 113 Å². The second kappa shape index (κ2) is 6.31. The van der Waals surface area contributed by atoms with Crippen LogP contribution >= 0.6 is 11.6 Å². The molecule has 3 heteroatoms. The van der Waals surface area contributed by atoms with Crippen LogP contribution in [0.2, 0.25) is 5.02 Å². The van der Waals surface area contributed by atoms with E-state index in [9.17, 15) is 0 Å². The Morgan fingerprint density at radius 3 is 2.89 bits per heavy atom. The highest BCUT2D eigenvalue weighted by Gasteiger charge is 2.05. The van der Waals surface area contributed by atoms with Crippen LogP contribution in [0.3, 0.4) is 0 Å². The van der Waals surface area contributed by atoms with Gasteiger partial charge in [0.15, 0.2) is 0 Å². The molecule has 1 aliphatic rings. The lowest BCUT2D eigenvalue weighted by molar-refractivity contribution is 0.240. The number of benzene rings is 1. The number of rotatable bonds is 4. The Hall–Kier alpha value is -1.67. The first-order valence-corrected chi connectivity index (χ1v) is 6.40. The fourth-order valence-corrected chi connectivity index (χ4v) is 1.91. The Morgan fingerprint density at radius 2 is 2.11 bits per heavy atom. The molecule has 2 rings (SSSR count). The topological polar surface area (TPSA) is 21.3 Å². The van der Waals surface area contributed by atoms with Crippen LogP contribution in [0.15, 0.2) is 60.0 Å². The molecule has 1 N–H and O–H groups in total. The molecule has 1 aromatic carbocycles. The molecule has 0 atom stereocenters. The van der Waals surface area contributed by atoms with Crippen LogP contribution < -0.4 is 5.32 Å². The Bertz CT molecular complexity index is 503. The molecular weight excluding hydrogens is 246 g/mol. The third kappa shape index (κ3) is 3.41. The number of allylic oxidation sites excluding steroid dienone is 4. The van der Waals surface area contributed by atoms with Gasteiger partial charge in [0.05, 0.1) is 12.3 Å². The van der Waals surface area contributed by atoms with Crippen LogP contribution in [0.5, 0.6) is 0 Å². The SMILES string of the molecule is CCOC1=C(Nc2cccc(Cl)c2)C=CCC=C1. The summed E-state index contributed by atoms with van der Waals surface area (Å²) in [5.74, 6) is 0.853. The molecule has 1 aromatic rings. The van der Waals surface area contributed by atoms with Crippen molar-refractivity contribution in [3.05, 3.63) is 65.0 Å². The second-order valence-corrected chi connectivity index (χ2v) is 4.32. The van der Waals surface area contributed by atoms with Gasteiger partial charge in [0, 0.05) is 10.7 Å². The quantitative estimate of drug-likeness (QED) is 0.861. The van der Waals surface area contributed by atoms with E-state index in [0.29, 0.717) is 11.6 Å². The maximum Gasteiger partial charge on any atom is 0.142 e. The summed E-state index contributed by atoms with van der Waals surface area (Å²) < 4.78 is 5.62. The zero-order valence-electron chi connectivity index (χ0n) is 10.3. The third-order valence-electron chi connectivity index (χ3n) is 2.49. The lowest BCUT2D eigenvalue weighted by Gasteiger charge is -2.12. The minimum Gasteiger partial charge on any atom is -0.492 e. The van der Waals surface area contributed by atoms with Gasteiger partial charge in [0.2, 0.25) is 0 Å². The summed E-state index contributed by atoms with van der Waals surface area (Å²) in [6.07, 6.45) is 9.11. The fraction of sp³-hybridized carbons (Fsp3) is 0.200. The van der Waals surface area contributed by atoms with E-state index >= 15 is 0 Å². The smallest absolute Gasteiger partial charge is 0.142 e. The van der Waals surface area contributed by atoms with Gasteiger partial charge in [0.25, 0.3) is 0 Å². The van der Waals surface area contributed by atoms with Crippen LogP contribution in [-0.4, -0.2) is 6.61 Å². The van der Waals surface area contributed by atoms with Gasteiger partial charge in [-0.3, -0.25) is 0 Å². The van der Waals surface area contributed by atoms with E-state index in [1.807, 2.05) is 43.3 Å². The molecule has 18 heavy (non-hydrogen) atoms. The largest absolute Gasteiger partial charge is 0.492 e. The molecule has 0 saturated carbocycles. The highest BCUT2D eigenvalue weighted by Crippen LogP contribution is 2.20. The number of hydrogen-bond donors (Lipinski definition) is 1. The van der Waals surface area contributed by atoms with Crippen LogP contribution in [0.1, 0.15) is 13.3 Å². The van der Waals surface area contributed by atoms with E-state index < -0.39 is 0 Å². The van der Waals surface area contributed by atoms with Crippen LogP contribution in [0.4, 0.5) is 5.69 Å². The maximum absolute atomic E-state index is 5.97. The lowest BCUT2D eigenvalue weighted by Crippen LogP contribution is -2.03. The normalized spacial score (nSPS) is 14.6. The Balaban J connectivity index is 2.25. The molecule has 0 unspecified atom stereocenters. The van der Waals surface area contributed by atoms with Crippen LogP contribution in [0, 0.1) is 0 Å². The number of halogens is 1. The van der Waals surface area contributed by atoms with Crippen molar-refractivity contribution in [3.8, 4) is 0 Å². The van der Waals surface area contributed by atoms with Crippen molar-refractivity contribution < 1.29 is 4.74 Å². The molecule has 1 aliphatic carbocycles. The zero-order chi connectivity index (χ0) is 12.8. The standard InChI is InChI=1S/C15H16ClNO/c1-2-18-15-10-5-3-4-9-14(15)17-13-8-6-7-12(16)11-13/h4-11,17H,2-3H2,1H3. The number of anilines is 1.